The molecule has 2 saturated heterocycles. The second-order valence-corrected chi connectivity index (χ2v) is 8.65. The van der Waals surface area contributed by atoms with E-state index in [2.05, 4.69) is 39.5 Å². The maximum Gasteiger partial charge on any atom is 0.0750 e. The van der Waals surface area contributed by atoms with Crippen LogP contribution in [0, 0.1) is 16.7 Å². The SMILES string of the molecule is CC(C)(C)C1CN(CCC(C)(C)C2CCOCC2)CCO1. The van der Waals surface area contributed by atoms with Crippen molar-refractivity contribution in [1.82, 2.24) is 4.90 Å². The fraction of sp³-hybridized carbons (Fsp3) is 1.00. The van der Waals surface area contributed by atoms with Crippen LogP contribution in [0.3, 0.4) is 0 Å². The molecule has 2 rings (SSSR count). The van der Waals surface area contributed by atoms with Gasteiger partial charge in [0.05, 0.1) is 12.7 Å². The zero-order valence-electron chi connectivity index (χ0n) is 14.8. The molecule has 1 unspecified atom stereocenters. The quantitative estimate of drug-likeness (QED) is 0.792. The molecular weight excluding hydrogens is 262 g/mol. The minimum Gasteiger partial charge on any atom is -0.381 e. The highest BCUT2D eigenvalue weighted by Crippen LogP contribution is 2.37. The predicted molar refractivity (Wildman–Crippen MR) is 87.6 cm³/mol. The highest BCUT2D eigenvalue weighted by Gasteiger charge is 2.34. The topological polar surface area (TPSA) is 21.7 Å². The van der Waals surface area contributed by atoms with Crippen molar-refractivity contribution in [2.75, 3.05) is 39.5 Å². The van der Waals surface area contributed by atoms with Crippen LogP contribution in [0.5, 0.6) is 0 Å². The van der Waals surface area contributed by atoms with E-state index in [9.17, 15) is 0 Å². The highest BCUT2D eigenvalue weighted by atomic mass is 16.5. The van der Waals surface area contributed by atoms with Gasteiger partial charge in [0, 0.05) is 26.3 Å². The molecular formula is C18H35NO2. The average molecular weight is 297 g/mol. The molecule has 0 aromatic heterocycles. The lowest BCUT2D eigenvalue weighted by Crippen LogP contribution is -2.48. The number of rotatable bonds is 4. The molecule has 3 heteroatoms. The van der Waals surface area contributed by atoms with E-state index < -0.39 is 0 Å². The molecule has 0 aromatic rings. The molecule has 0 amide bonds. The molecule has 21 heavy (non-hydrogen) atoms. The number of hydrogen-bond donors (Lipinski definition) is 0. The molecule has 0 radical (unpaired) electrons. The number of nitrogens with zero attached hydrogens (tertiary/aromatic N) is 1. The van der Waals surface area contributed by atoms with Crippen LogP contribution in [0.2, 0.25) is 0 Å². The zero-order chi connectivity index (χ0) is 15.5. The molecule has 2 aliphatic heterocycles. The Hall–Kier alpha value is -0.120. The smallest absolute Gasteiger partial charge is 0.0750 e. The van der Waals surface area contributed by atoms with Gasteiger partial charge in [0.1, 0.15) is 0 Å². The van der Waals surface area contributed by atoms with Gasteiger partial charge in [0.2, 0.25) is 0 Å². The van der Waals surface area contributed by atoms with Crippen molar-refractivity contribution in [2.24, 2.45) is 16.7 Å². The first-order valence-corrected chi connectivity index (χ1v) is 8.71. The van der Waals surface area contributed by atoms with E-state index in [-0.39, 0.29) is 5.41 Å². The second kappa shape index (κ2) is 6.97. The molecule has 0 bridgehead atoms. The van der Waals surface area contributed by atoms with Gasteiger partial charge in [-0.3, -0.25) is 4.90 Å². The molecule has 0 N–H and O–H groups in total. The highest BCUT2D eigenvalue weighted by molar-refractivity contribution is 4.85. The van der Waals surface area contributed by atoms with Crippen LogP contribution in [-0.2, 0) is 9.47 Å². The fourth-order valence-electron chi connectivity index (χ4n) is 3.56. The molecule has 2 fully saturated rings. The van der Waals surface area contributed by atoms with Crippen molar-refractivity contribution >= 4 is 0 Å². The Balaban J connectivity index is 1.81. The standard InChI is InChI=1S/C18H35NO2/c1-17(2,3)16-14-19(10-13-21-16)9-8-18(4,5)15-6-11-20-12-7-15/h15-16H,6-14H2,1-5H3. The summed E-state index contributed by atoms with van der Waals surface area (Å²) in [5, 5.41) is 0. The van der Waals surface area contributed by atoms with Crippen molar-refractivity contribution in [3.8, 4) is 0 Å². The van der Waals surface area contributed by atoms with Gasteiger partial charge in [0.25, 0.3) is 0 Å². The van der Waals surface area contributed by atoms with E-state index in [0.29, 0.717) is 11.5 Å². The molecule has 0 spiro atoms. The summed E-state index contributed by atoms with van der Waals surface area (Å²) in [6.07, 6.45) is 4.13. The summed E-state index contributed by atoms with van der Waals surface area (Å²) in [6, 6.07) is 0. The molecule has 124 valence electrons. The van der Waals surface area contributed by atoms with E-state index >= 15 is 0 Å². The van der Waals surface area contributed by atoms with Crippen LogP contribution in [0.15, 0.2) is 0 Å². The van der Waals surface area contributed by atoms with Gasteiger partial charge in [-0.05, 0) is 42.6 Å². The van der Waals surface area contributed by atoms with E-state index in [1.54, 1.807) is 0 Å². The molecule has 1 atom stereocenters. The minimum atomic E-state index is 0.245. The van der Waals surface area contributed by atoms with Crippen molar-refractivity contribution in [3.05, 3.63) is 0 Å². The van der Waals surface area contributed by atoms with Gasteiger partial charge in [-0.2, -0.15) is 0 Å². The van der Waals surface area contributed by atoms with Gasteiger partial charge in [0.15, 0.2) is 0 Å². The van der Waals surface area contributed by atoms with Crippen LogP contribution in [-0.4, -0.2) is 50.5 Å². The predicted octanol–water partition coefficient (Wildman–Crippen LogP) is 3.58. The molecule has 0 saturated carbocycles. The summed E-state index contributed by atoms with van der Waals surface area (Å²) < 4.78 is 11.5. The third kappa shape index (κ3) is 4.94. The first-order valence-electron chi connectivity index (χ1n) is 8.71. The van der Waals surface area contributed by atoms with E-state index in [1.807, 2.05) is 0 Å². The summed E-state index contributed by atoms with van der Waals surface area (Å²) in [5.74, 6) is 0.825. The maximum absolute atomic E-state index is 5.96. The Bertz CT molecular complexity index is 316. The molecule has 0 aliphatic carbocycles. The van der Waals surface area contributed by atoms with Crippen molar-refractivity contribution in [2.45, 2.75) is 60.0 Å². The summed E-state index contributed by atoms with van der Waals surface area (Å²) in [4.78, 5) is 2.61. The second-order valence-electron chi connectivity index (χ2n) is 8.65. The molecule has 2 heterocycles. The summed E-state index contributed by atoms with van der Waals surface area (Å²) in [6.45, 7) is 17.9. The Morgan fingerprint density at radius 3 is 2.29 bits per heavy atom. The van der Waals surface area contributed by atoms with Crippen LogP contribution in [0.4, 0.5) is 0 Å². The van der Waals surface area contributed by atoms with Gasteiger partial charge in [-0.1, -0.05) is 34.6 Å². The van der Waals surface area contributed by atoms with Crippen LogP contribution in [0.25, 0.3) is 0 Å². The Labute approximate surface area is 131 Å². The lowest BCUT2D eigenvalue weighted by molar-refractivity contribution is -0.0827. The van der Waals surface area contributed by atoms with Crippen molar-refractivity contribution < 1.29 is 9.47 Å². The minimum absolute atomic E-state index is 0.245. The third-order valence-corrected chi connectivity index (χ3v) is 5.52. The van der Waals surface area contributed by atoms with E-state index in [4.69, 9.17) is 9.47 Å². The average Bonchev–Trinajstić information content (AvgIpc) is 2.46. The lowest BCUT2D eigenvalue weighted by atomic mass is 9.72. The molecule has 3 nitrogen and oxygen atoms in total. The fourth-order valence-corrected chi connectivity index (χ4v) is 3.56. The zero-order valence-corrected chi connectivity index (χ0v) is 14.8. The number of hydrogen-bond acceptors (Lipinski definition) is 3. The van der Waals surface area contributed by atoms with Crippen molar-refractivity contribution in [1.29, 1.82) is 0 Å². The Morgan fingerprint density at radius 1 is 1.00 bits per heavy atom. The first-order chi connectivity index (χ1) is 9.79. The summed E-state index contributed by atoms with van der Waals surface area (Å²) >= 11 is 0. The van der Waals surface area contributed by atoms with Crippen LogP contribution < -0.4 is 0 Å². The van der Waals surface area contributed by atoms with E-state index in [0.717, 1.165) is 38.8 Å². The molecule has 2 aliphatic rings. The third-order valence-electron chi connectivity index (χ3n) is 5.52. The Kier molecular flexibility index (Phi) is 5.72. The Morgan fingerprint density at radius 2 is 1.67 bits per heavy atom. The van der Waals surface area contributed by atoms with Gasteiger partial charge in [-0.25, -0.2) is 0 Å². The van der Waals surface area contributed by atoms with Crippen molar-refractivity contribution in [3.63, 3.8) is 0 Å². The number of ether oxygens (including phenoxy) is 2. The van der Waals surface area contributed by atoms with Gasteiger partial charge < -0.3 is 9.47 Å². The molecule has 0 aromatic carbocycles. The monoisotopic (exact) mass is 297 g/mol. The summed E-state index contributed by atoms with van der Waals surface area (Å²) in [7, 11) is 0. The summed E-state index contributed by atoms with van der Waals surface area (Å²) in [5.41, 5.74) is 0.675. The van der Waals surface area contributed by atoms with Crippen LogP contribution in [0.1, 0.15) is 53.9 Å². The van der Waals surface area contributed by atoms with Crippen LogP contribution >= 0.6 is 0 Å². The van der Waals surface area contributed by atoms with Gasteiger partial charge in [-0.15, -0.1) is 0 Å². The number of morpholine rings is 1. The first kappa shape index (κ1) is 17.2. The van der Waals surface area contributed by atoms with E-state index in [1.165, 1.54) is 25.8 Å². The normalized spacial score (nSPS) is 27.0. The maximum atomic E-state index is 5.96. The van der Waals surface area contributed by atoms with Gasteiger partial charge >= 0.3 is 0 Å². The largest absolute Gasteiger partial charge is 0.381 e. The lowest BCUT2D eigenvalue weighted by Gasteiger charge is -2.42.